The highest BCUT2D eigenvalue weighted by atomic mass is 32.2. The van der Waals surface area contributed by atoms with Crippen LogP contribution in [0, 0.1) is 0 Å². The van der Waals surface area contributed by atoms with Crippen molar-refractivity contribution in [3.8, 4) is 0 Å². The number of aromatic nitrogens is 2. The molecular weight excluding hydrogens is 236 g/mol. The van der Waals surface area contributed by atoms with Gasteiger partial charge >= 0.3 is 0 Å². The standard InChI is InChI=1S/C12H16N2S2/c1-11(12-4-2-8-16-12)15-9-3-6-14-7-5-13-10-14/h2,4-5,7-8,10-11H,3,6,9H2,1H3/t11-/m1/s1. The summed E-state index contributed by atoms with van der Waals surface area (Å²) in [7, 11) is 0. The summed E-state index contributed by atoms with van der Waals surface area (Å²) in [4.78, 5) is 5.51. The van der Waals surface area contributed by atoms with E-state index in [1.807, 2.05) is 41.8 Å². The lowest BCUT2D eigenvalue weighted by Crippen LogP contribution is -1.96. The van der Waals surface area contributed by atoms with Crippen molar-refractivity contribution < 1.29 is 0 Å². The van der Waals surface area contributed by atoms with Crippen LogP contribution in [-0.2, 0) is 6.54 Å². The molecule has 0 radical (unpaired) electrons. The fraction of sp³-hybridized carbons (Fsp3) is 0.417. The highest BCUT2D eigenvalue weighted by molar-refractivity contribution is 7.99. The summed E-state index contributed by atoms with van der Waals surface area (Å²) in [5, 5.41) is 2.78. The summed E-state index contributed by atoms with van der Waals surface area (Å²) in [6.07, 6.45) is 6.94. The van der Waals surface area contributed by atoms with Gasteiger partial charge in [-0.25, -0.2) is 4.98 Å². The van der Waals surface area contributed by atoms with Crippen LogP contribution in [0.2, 0.25) is 0 Å². The van der Waals surface area contributed by atoms with Crippen LogP contribution < -0.4 is 0 Å². The van der Waals surface area contributed by atoms with Crippen molar-refractivity contribution >= 4 is 23.1 Å². The molecule has 0 saturated heterocycles. The number of thiophene rings is 1. The molecule has 0 aliphatic carbocycles. The van der Waals surface area contributed by atoms with Crippen molar-refractivity contribution in [3.05, 3.63) is 41.1 Å². The van der Waals surface area contributed by atoms with Gasteiger partial charge in [0.1, 0.15) is 0 Å². The van der Waals surface area contributed by atoms with Crippen LogP contribution in [0.15, 0.2) is 36.2 Å². The molecule has 0 aromatic carbocycles. The summed E-state index contributed by atoms with van der Waals surface area (Å²) >= 11 is 3.88. The second-order valence-electron chi connectivity index (χ2n) is 3.68. The molecule has 2 aromatic heterocycles. The number of rotatable bonds is 6. The zero-order valence-corrected chi connectivity index (χ0v) is 11.0. The average molecular weight is 252 g/mol. The van der Waals surface area contributed by atoms with E-state index in [1.165, 1.54) is 17.1 Å². The van der Waals surface area contributed by atoms with Crippen molar-refractivity contribution in [3.63, 3.8) is 0 Å². The Balaban J connectivity index is 1.65. The molecule has 2 aromatic rings. The van der Waals surface area contributed by atoms with Crippen LogP contribution in [0.25, 0.3) is 0 Å². The fourth-order valence-electron chi connectivity index (χ4n) is 1.53. The number of hydrogen-bond donors (Lipinski definition) is 0. The molecular formula is C12H16N2S2. The third kappa shape index (κ3) is 3.39. The Morgan fingerprint density at radius 2 is 2.50 bits per heavy atom. The van der Waals surface area contributed by atoms with Gasteiger partial charge in [0.15, 0.2) is 0 Å². The zero-order chi connectivity index (χ0) is 11.2. The van der Waals surface area contributed by atoms with Crippen LogP contribution in [-0.4, -0.2) is 15.3 Å². The Morgan fingerprint density at radius 3 is 3.19 bits per heavy atom. The summed E-state index contributed by atoms with van der Waals surface area (Å²) < 4.78 is 2.14. The van der Waals surface area contributed by atoms with Gasteiger partial charge in [-0.1, -0.05) is 6.07 Å². The number of aryl methyl sites for hydroxylation is 1. The van der Waals surface area contributed by atoms with Gasteiger partial charge in [0.25, 0.3) is 0 Å². The minimum atomic E-state index is 0.628. The van der Waals surface area contributed by atoms with Gasteiger partial charge in [-0.15, -0.1) is 11.3 Å². The Morgan fingerprint density at radius 1 is 1.56 bits per heavy atom. The van der Waals surface area contributed by atoms with Crippen molar-refractivity contribution in [2.45, 2.75) is 25.1 Å². The SMILES string of the molecule is C[C@@H](SCCCn1ccnc1)c1cccs1. The molecule has 0 amide bonds. The number of thioether (sulfide) groups is 1. The maximum absolute atomic E-state index is 4.03. The minimum absolute atomic E-state index is 0.628. The molecule has 0 bridgehead atoms. The maximum atomic E-state index is 4.03. The van der Waals surface area contributed by atoms with Crippen LogP contribution >= 0.6 is 23.1 Å². The first kappa shape index (κ1) is 11.7. The first-order valence-corrected chi connectivity index (χ1v) is 7.40. The molecule has 0 aliphatic rings. The highest BCUT2D eigenvalue weighted by Crippen LogP contribution is 2.31. The topological polar surface area (TPSA) is 17.8 Å². The van der Waals surface area contributed by atoms with Crippen molar-refractivity contribution in [1.29, 1.82) is 0 Å². The summed E-state index contributed by atoms with van der Waals surface area (Å²) in [6, 6.07) is 4.35. The van der Waals surface area contributed by atoms with Gasteiger partial charge in [-0.2, -0.15) is 11.8 Å². The molecule has 2 nitrogen and oxygen atoms in total. The van der Waals surface area contributed by atoms with Crippen molar-refractivity contribution in [1.82, 2.24) is 9.55 Å². The van der Waals surface area contributed by atoms with E-state index in [2.05, 4.69) is 34.0 Å². The fourth-order valence-corrected chi connectivity index (χ4v) is 3.46. The molecule has 16 heavy (non-hydrogen) atoms. The molecule has 4 heteroatoms. The van der Waals surface area contributed by atoms with Crippen LogP contribution in [0.3, 0.4) is 0 Å². The van der Waals surface area contributed by atoms with E-state index in [0.717, 1.165) is 6.54 Å². The second kappa shape index (κ2) is 6.11. The van der Waals surface area contributed by atoms with Gasteiger partial charge in [0.05, 0.1) is 6.33 Å². The lowest BCUT2D eigenvalue weighted by Gasteiger charge is -2.08. The molecule has 0 unspecified atom stereocenters. The highest BCUT2D eigenvalue weighted by Gasteiger charge is 2.05. The summed E-state index contributed by atoms with van der Waals surface area (Å²) in [6.45, 7) is 3.36. The molecule has 0 fully saturated rings. The van der Waals surface area contributed by atoms with Gasteiger partial charge in [-0.05, 0) is 30.5 Å². The maximum Gasteiger partial charge on any atom is 0.0945 e. The first-order valence-electron chi connectivity index (χ1n) is 5.47. The number of nitrogens with zero attached hydrogens (tertiary/aromatic N) is 2. The normalized spacial score (nSPS) is 12.8. The molecule has 2 rings (SSSR count). The monoisotopic (exact) mass is 252 g/mol. The predicted molar refractivity (Wildman–Crippen MR) is 72.0 cm³/mol. The molecule has 0 saturated carbocycles. The zero-order valence-electron chi connectivity index (χ0n) is 9.37. The van der Waals surface area contributed by atoms with Gasteiger partial charge < -0.3 is 4.57 Å². The molecule has 1 atom stereocenters. The molecule has 0 N–H and O–H groups in total. The van der Waals surface area contributed by atoms with E-state index < -0.39 is 0 Å². The lowest BCUT2D eigenvalue weighted by atomic mass is 10.4. The second-order valence-corrected chi connectivity index (χ2v) is 6.11. The summed E-state index contributed by atoms with van der Waals surface area (Å²) in [5.41, 5.74) is 0. The smallest absolute Gasteiger partial charge is 0.0945 e. The Kier molecular flexibility index (Phi) is 4.48. The van der Waals surface area contributed by atoms with Crippen molar-refractivity contribution in [2.75, 3.05) is 5.75 Å². The van der Waals surface area contributed by atoms with Crippen LogP contribution in [0.5, 0.6) is 0 Å². The predicted octanol–water partition coefficient (Wildman–Crippen LogP) is 3.83. The third-order valence-corrected chi connectivity index (χ3v) is 4.91. The third-order valence-electron chi connectivity index (χ3n) is 2.43. The first-order chi connectivity index (χ1) is 7.86. The summed E-state index contributed by atoms with van der Waals surface area (Å²) in [5.74, 6) is 1.21. The molecule has 86 valence electrons. The van der Waals surface area contributed by atoms with Gasteiger partial charge in [0.2, 0.25) is 0 Å². The Labute approximate surface area is 105 Å². The molecule has 2 heterocycles. The molecule has 0 aliphatic heterocycles. The average Bonchev–Trinajstić information content (AvgIpc) is 2.96. The number of imidazole rings is 1. The van der Waals surface area contributed by atoms with Crippen molar-refractivity contribution in [2.24, 2.45) is 0 Å². The van der Waals surface area contributed by atoms with E-state index in [1.54, 1.807) is 0 Å². The number of hydrogen-bond acceptors (Lipinski definition) is 3. The van der Waals surface area contributed by atoms with Gasteiger partial charge in [0, 0.05) is 29.1 Å². The van der Waals surface area contributed by atoms with Crippen LogP contribution in [0.4, 0.5) is 0 Å². The lowest BCUT2D eigenvalue weighted by molar-refractivity contribution is 0.683. The quantitative estimate of drug-likeness (QED) is 0.727. The van der Waals surface area contributed by atoms with E-state index in [9.17, 15) is 0 Å². The van der Waals surface area contributed by atoms with Gasteiger partial charge in [-0.3, -0.25) is 0 Å². The largest absolute Gasteiger partial charge is 0.337 e. The Hall–Kier alpha value is -0.740. The van der Waals surface area contributed by atoms with E-state index in [-0.39, 0.29) is 0 Å². The Bertz CT molecular complexity index is 381. The van der Waals surface area contributed by atoms with Crippen LogP contribution in [0.1, 0.15) is 23.5 Å². The van der Waals surface area contributed by atoms with E-state index in [4.69, 9.17) is 0 Å². The minimum Gasteiger partial charge on any atom is -0.337 e. The van der Waals surface area contributed by atoms with E-state index >= 15 is 0 Å². The van der Waals surface area contributed by atoms with E-state index in [0.29, 0.717) is 5.25 Å². The molecule has 0 spiro atoms.